The number of halogens is 1. The van der Waals surface area contributed by atoms with Crippen LogP contribution in [0.2, 0.25) is 5.02 Å². The van der Waals surface area contributed by atoms with Gasteiger partial charge in [0.05, 0.1) is 0 Å². The molecule has 3 nitrogen and oxygen atoms in total. The molecule has 19 heavy (non-hydrogen) atoms. The molecule has 3 rings (SSSR count). The molecule has 1 aliphatic carbocycles. The number of nitrogens with zero attached hydrogens (tertiary/aromatic N) is 1. The maximum atomic E-state index is 12.4. The molecule has 4 heteroatoms. The average molecular weight is 279 g/mol. The SMILES string of the molecule is N[C@@H]1CCCN(C(=O)[C@@H]2C[C@@H]2c2cccc(Cl)c2)C1. The van der Waals surface area contributed by atoms with Gasteiger partial charge in [-0.2, -0.15) is 0 Å². The van der Waals surface area contributed by atoms with E-state index < -0.39 is 0 Å². The summed E-state index contributed by atoms with van der Waals surface area (Å²) in [6, 6.07) is 8.01. The van der Waals surface area contributed by atoms with E-state index in [2.05, 4.69) is 6.07 Å². The zero-order valence-electron chi connectivity index (χ0n) is 10.9. The van der Waals surface area contributed by atoms with Crippen LogP contribution >= 0.6 is 11.6 Å². The molecule has 1 aliphatic heterocycles. The van der Waals surface area contributed by atoms with Crippen LogP contribution in [0.1, 0.15) is 30.7 Å². The summed E-state index contributed by atoms with van der Waals surface area (Å²) in [6.45, 7) is 1.59. The second-order valence-electron chi connectivity index (χ2n) is 5.69. The molecule has 102 valence electrons. The van der Waals surface area contributed by atoms with Gasteiger partial charge in [0.15, 0.2) is 0 Å². The van der Waals surface area contributed by atoms with Crippen molar-refractivity contribution in [3.63, 3.8) is 0 Å². The first kappa shape index (κ1) is 12.9. The highest BCUT2D eigenvalue weighted by molar-refractivity contribution is 6.30. The Kier molecular flexibility index (Phi) is 3.50. The standard InChI is InChI=1S/C15H19ClN2O/c16-11-4-1-3-10(7-11)13-8-14(13)15(19)18-6-2-5-12(17)9-18/h1,3-4,7,12-14H,2,5-6,8-9,17H2/t12-,13-,14-/m1/s1. The predicted molar refractivity (Wildman–Crippen MR) is 76.1 cm³/mol. The van der Waals surface area contributed by atoms with Crippen LogP contribution in [0.3, 0.4) is 0 Å². The monoisotopic (exact) mass is 278 g/mol. The molecule has 0 bridgehead atoms. The average Bonchev–Trinajstić information content (AvgIpc) is 3.18. The Hall–Kier alpha value is -1.06. The van der Waals surface area contributed by atoms with Gasteiger partial charge in [-0.05, 0) is 42.9 Å². The van der Waals surface area contributed by atoms with Crippen LogP contribution in [0.25, 0.3) is 0 Å². The summed E-state index contributed by atoms with van der Waals surface area (Å²) in [5, 5.41) is 0.746. The van der Waals surface area contributed by atoms with Gasteiger partial charge in [0, 0.05) is 30.1 Å². The van der Waals surface area contributed by atoms with Crippen LogP contribution in [0.15, 0.2) is 24.3 Å². The Morgan fingerprint density at radius 2 is 2.26 bits per heavy atom. The number of benzene rings is 1. The third kappa shape index (κ3) is 2.77. The molecule has 1 amide bonds. The van der Waals surface area contributed by atoms with Crippen molar-refractivity contribution in [1.29, 1.82) is 0 Å². The molecule has 0 aromatic heterocycles. The summed E-state index contributed by atoms with van der Waals surface area (Å²) in [5.74, 6) is 0.772. The number of hydrogen-bond donors (Lipinski definition) is 1. The van der Waals surface area contributed by atoms with Gasteiger partial charge >= 0.3 is 0 Å². The summed E-state index contributed by atoms with van der Waals surface area (Å²) in [7, 11) is 0. The van der Waals surface area contributed by atoms with E-state index in [1.807, 2.05) is 23.1 Å². The molecule has 2 aliphatic rings. The number of rotatable bonds is 2. The highest BCUT2D eigenvalue weighted by Gasteiger charge is 2.46. The number of hydrogen-bond acceptors (Lipinski definition) is 2. The number of nitrogens with two attached hydrogens (primary N) is 1. The maximum absolute atomic E-state index is 12.4. The Labute approximate surface area is 118 Å². The molecule has 2 fully saturated rings. The summed E-state index contributed by atoms with van der Waals surface area (Å²) in [5.41, 5.74) is 7.12. The van der Waals surface area contributed by atoms with Crippen LogP contribution in [0.4, 0.5) is 0 Å². The van der Waals surface area contributed by atoms with Crippen LogP contribution in [0.5, 0.6) is 0 Å². The Bertz CT molecular complexity index is 491. The van der Waals surface area contributed by atoms with Crippen LogP contribution in [0, 0.1) is 5.92 Å². The lowest BCUT2D eigenvalue weighted by Crippen LogP contribution is -2.46. The number of piperidine rings is 1. The smallest absolute Gasteiger partial charge is 0.226 e. The van der Waals surface area contributed by atoms with Gasteiger partial charge in [-0.25, -0.2) is 0 Å². The van der Waals surface area contributed by atoms with Crippen molar-refractivity contribution in [1.82, 2.24) is 4.90 Å². The van der Waals surface area contributed by atoms with E-state index in [-0.39, 0.29) is 17.9 Å². The molecule has 1 aromatic rings. The van der Waals surface area contributed by atoms with Crippen LogP contribution in [-0.2, 0) is 4.79 Å². The van der Waals surface area contributed by atoms with E-state index in [0.29, 0.717) is 5.92 Å². The molecule has 0 unspecified atom stereocenters. The van der Waals surface area contributed by atoms with Crippen molar-refractivity contribution < 1.29 is 4.79 Å². The third-order valence-corrected chi connectivity index (χ3v) is 4.39. The summed E-state index contributed by atoms with van der Waals surface area (Å²) >= 11 is 6.00. The van der Waals surface area contributed by atoms with Gasteiger partial charge in [0.25, 0.3) is 0 Å². The van der Waals surface area contributed by atoms with Gasteiger partial charge in [-0.15, -0.1) is 0 Å². The minimum atomic E-state index is 0.142. The van der Waals surface area contributed by atoms with Crippen molar-refractivity contribution in [3.8, 4) is 0 Å². The molecule has 1 saturated heterocycles. The molecule has 0 spiro atoms. The van der Waals surface area contributed by atoms with Gasteiger partial charge in [-0.3, -0.25) is 4.79 Å². The molecule has 1 heterocycles. The molecular weight excluding hydrogens is 260 g/mol. The molecule has 0 radical (unpaired) electrons. The fraction of sp³-hybridized carbons (Fsp3) is 0.533. The Balaban J connectivity index is 1.64. The number of likely N-dealkylation sites (tertiary alicyclic amines) is 1. The van der Waals surface area contributed by atoms with Crippen molar-refractivity contribution in [2.24, 2.45) is 11.7 Å². The van der Waals surface area contributed by atoms with E-state index in [0.717, 1.165) is 37.4 Å². The molecule has 1 saturated carbocycles. The predicted octanol–water partition coefficient (Wildman–Crippen LogP) is 2.39. The van der Waals surface area contributed by atoms with Gasteiger partial charge in [0.2, 0.25) is 5.91 Å². The number of carbonyl (C=O) groups is 1. The van der Waals surface area contributed by atoms with E-state index in [9.17, 15) is 4.79 Å². The van der Waals surface area contributed by atoms with E-state index >= 15 is 0 Å². The minimum Gasteiger partial charge on any atom is -0.341 e. The van der Waals surface area contributed by atoms with Crippen LogP contribution < -0.4 is 5.73 Å². The van der Waals surface area contributed by atoms with Gasteiger partial charge < -0.3 is 10.6 Å². The molecule has 2 N–H and O–H groups in total. The van der Waals surface area contributed by atoms with Gasteiger partial charge in [0.1, 0.15) is 0 Å². The quantitative estimate of drug-likeness (QED) is 0.903. The normalized spacial score (nSPS) is 30.2. The minimum absolute atomic E-state index is 0.142. The van der Waals surface area contributed by atoms with E-state index in [1.165, 1.54) is 5.56 Å². The highest BCUT2D eigenvalue weighted by atomic mass is 35.5. The highest BCUT2D eigenvalue weighted by Crippen LogP contribution is 2.49. The third-order valence-electron chi connectivity index (χ3n) is 4.15. The fourth-order valence-electron chi connectivity index (χ4n) is 3.02. The summed E-state index contributed by atoms with van der Waals surface area (Å²) in [6.07, 6.45) is 3.01. The Morgan fingerprint density at radius 3 is 3.00 bits per heavy atom. The van der Waals surface area contributed by atoms with Crippen molar-refractivity contribution in [2.45, 2.75) is 31.2 Å². The zero-order valence-corrected chi connectivity index (χ0v) is 11.6. The molecule has 1 aromatic carbocycles. The largest absolute Gasteiger partial charge is 0.341 e. The van der Waals surface area contributed by atoms with E-state index in [1.54, 1.807) is 0 Å². The summed E-state index contributed by atoms with van der Waals surface area (Å²) < 4.78 is 0. The topological polar surface area (TPSA) is 46.3 Å². The first-order chi connectivity index (χ1) is 9.15. The fourth-order valence-corrected chi connectivity index (χ4v) is 3.22. The lowest BCUT2D eigenvalue weighted by Gasteiger charge is -2.31. The maximum Gasteiger partial charge on any atom is 0.226 e. The molecular formula is C15H19ClN2O. The lowest BCUT2D eigenvalue weighted by atomic mass is 10.0. The van der Waals surface area contributed by atoms with Crippen LogP contribution in [-0.4, -0.2) is 29.9 Å². The first-order valence-corrected chi connectivity index (χ1v) is 7.33. The zero-order chi connectivity index (χ0) is 13.4. The van der Waals surface area contributed by atoms with Crippen molar-refractivity contribution in [3.05, 3.63) is 34.9 Å². The Morgan fingerprint density at radius 1 is 1.42 bits per heavy atom. The van der Waals surface area contributed by atoms with Crippen molar-refractivity contribution >= 4 is 17.5 Å². The number of carbonyl (C=O) groups excluding carboxylic acids is 1. The van der Waals surface area contributed by atoms with Gasteiger partial charge in [-0.1, -0.05) is 23.7 Å². The summed E-state index contributed by atoms with van der Waals surface area (Å²) in [4.78, 5) is 14.4. The molecule has 3 atom stereocenters. The lowest BCUT2D eigenvalue weighted by molar-refractivity contribution is -0.133. The second kappa shape index (κ2) is 5.14. The number of amides is 1. The van der Waals surface area contributed by atoms with Crippen molar-refractivity contribution in [2.75, 3.05) is 13.1 Å². The second-order valence-corrected chi connectivity index (χ2v) is 6.13. The first-order valence-electron chi connectivity index (χ1n) is 6.95. The van der Waals surface area contributed by atoms with E-state index in [4.69, 9.17) is 17.3 Å².